The number of nitrogens with one attached hydrogen (secondary N) is 1. The van der Waals surface area contributed by atoms with Crippen molar-refractivity contribution in [1.29, 1.82) is 0 Å². The maximum absolute atomic E-state index is 12.3. The Labute approximate surface area is 142 Å². The van der Waals surface area contributed by atoms with E-state index < -0.39 is 16.5 Å². The van der Waals surface area contributed by atoms with Crippen LogP contribution in [0.25, 0.3) is 0 Å². The molecule has 0 saturated heterocycles. The Morgan fingerprint density at radius 2 is 2.00 bits per heavy atom. The second-order valence-corrected chi connectivity index (χ2v) is 4.85. The lowest BCUT2D eigenvalue weighted by atomic mass is 10.1. The van der Waals surface area contributed by atoms with E-state index in [0.717, 1.165) is 6.07 Å². The minimum Gasteiger partial charge on any atom is -0.493 e. The summed E-state index contributed by atoms with van der Waals surface area (Å²) in [6, 6.07) is 3.66. The first-order valence-corrected chi connectivity index (χ1v) is 7.17. The number of aromatic nitrogens is 2. The summed E-state index contributed by atoms with van der Waals surface area (Å²) in [5.74, 6) is -0.320. The number of methoxy groups -OCH3 is 2. The molecule has 10 heteroatoms. The molecule has 25 heavy (non-hydrogen) atoms. The number of ether oxygens (including phenoxy) is 2. The van der Waals surface area contributed by atoms with Gasteiger partial charge in [-0.05, 0) is 0 Å². The molecule has 1 N–H and O–H groups in total. The van der Waals surface area contributed by atoms with Crippen LogP contribution in [0.5, 0.6) is 11.5 Å². The number of carbonyl (C=O) groups is 1. The van der Waals surface area contributed by atoms with Gasteiger partial charge in [0, 0.05) is 31.4 Å². The lowest BCUT2D eigenvalue weighted by molar-refractivity contribution is -0.385. The van der Waals surface area contributed by atoms with E-state index in [9.17, 15) is 19.7 Å². The number of carbonyl (C=O) groups excluding carboxylic acids is 1. The van der Waals surface area contributed by atoms with E-state index in [2.05, 4.69) is 10.3 Å². The number of nitrogens with zero attached hydrogens (tertiary/aromatic N) is 3. The van der Waals surface area contributed by atoms with Crippen molar-refractivity contribution >= 4 is 11.6 Å². The highest BCUT2D eigenvalue weighted by Gasteiger charge is 2.24. The van der Waals surface area contributed by atoms with Crippen molar-refractivity contribution < 1.29 is 19.2 Å². The van der Waals surface area contributed by atoms with E-state index in [1.165, 1.54) is 43.4 Å². The Morgan fingerprint density at radius 1 is 1.32 bits per heavy atom. The summed E-state index contributed by atoms with van der Waals surface area (Å²) < 4.78 is 11.4. The van der Waals surface area contributed by atoms with Gasteiger partial charge in [-0.1, -0.05) is 0 Å². The molecule has 1 heterocycles. The van der Waals surface area contributed by atoms with Crippen molar-refractivity contribution in [3.8, 4) is 11.5 Å². The van der Waals surface area contributed by atoms with Crippen molar-refractivity contribution in [2.75, 3.05) is 20.8 Å². The molecule has 0 atom stereocenters. The van der Waals surface area contributed by atoms with Crippen LogP contribution < -0.4 is 20.3 Å². The number of rotatable bonds is 7. The topological polar surface area (TPSA) is 126 Å². The van der Waals surface area contributed by atoms with Gasteiger partial charge in [0.1, 0.15) is 5.56 Å². The first-order valence-electron chi connectivity index (χ1n) is 7.17. The Kier molecular flexibility index (Phi) is 5.66. The SMILES string of the molecule is COc1cc(C(=O)NCCn2cnccc2=O)c([N+](=O)[O-])cc1OC. The summed E-state index contributed by atoms with van der Waals surface area (Å²) >= 11 is 0. The molecule has 1 aromatic carbocycles. The molecule has 0 aliphatic rings. The van der Waals surface area contributed by atoms with E-state index in [1.807, 2.05) is 0 Å². The standard InChI is InChI=1S/C15H16N4O6/c1-24-12-7-10(11(19(22)23)8-13(12)25-2)15(21)17-5-6-18-9-16-4-3-14(18)20/h3-4,7-9H,5-6H2,1-2H3,(H,17,21). The number of nitro groups is 1. The molecule has 132 valence electrons. The van der Waals surface area contributed by atoms with E-state index in [1.54, 1.807) is 0 Å². The molecule has 2 aromatic rings. The second-order valence-electron chi connectivity index (χ2n) is 4.85. The van der Waals surface area contributed by atoms with Crippen molar-refractivity contribution in [2.24, 2.45) is 0 Å². The van der Waals surface area contributed by atoms with Gasteiger partial charge in [-0.2, -0.15) is 0 Å². The lowest BCUT2D eigenvalue weighted by Crippen LogP contribution is -2.31. The van der Waals surface area contributed by atoms with Gasteiger partial charge in [-0.25, -0.2) is 4.98 Å². The smallest absolute Gasteiger partial charge is 0.286 e. The summed E-state index contributed by atoms with van der Waals surface area (Å²) in [5, 5.41) is 13.7. The minimum absolute atomic E-state index is 0.0932. The third-order valence-electron chi connectivity index (χ3n) is 3.37. The first-order chi connectivity index (χ1) is 12.0. The predicted octanol–water partition coefficient (Wildman–Crippen LogP) is 0.599. The van der Waals surface area contributed by atoms with Crippen LogP contribution in [0.4, 0.5) is 5.69 Å². The van der Waals surface area contributed by atoms with E-state index in [-0.39, 0.29) is 35.7 Å². The average molecular weight is 348 g/mol. The van der Waals surface area contributed by atoms with Crippen molar-refractivity contribution in [1.82, 2.24) is 14.9 Å². The van der Waals surface area contributed by atoms with Crippen molar-refractivity contribution in [2.45, 2.75) is 6.54 Å². The highest BCUT2D eigenvalue weighted by atomic mass is 16.6. The van der Waals surface area contributed by atoms with Gasteiger partial charge in [-0.3, -0.25) is 24.3 Å². The van der Waals surface area contributed by atoms with Gasteiger partial charge in [0.2, 0.25) is 0 Å². The Hall–Kier alpha value is -3.43. The summed E-state index contributed by atoms with van der Waals surface area (Å²) in [6.07, 6.45) is 2.71. The predicted molar refractivity (Wildman–Crippen MR) is 87.0 cm³/mol. The highest BCUT2D eigenvalue weighted by molar-refractivity contribution is 5.99. The number of amides is 1. The molecule has 0 radical (unpaired) electrons. The van der Waals surface area contributed by atoms with Gasteiger partial charge < -0.3 is 14.8 Å². The molecule has 0 spiro atoms. The highest BCUT2D eigenvalue weighted by Crippen LogP contribution is 2.34. The number of hydrogen-bond acceptors (Lipinski definition) is 7. The number of benzene rings is 1. The summed E-state index contributed by atoms with van der Waals surface area (Å²) in [7, 11) is 2.70. The third-order valence-corrected chi connectivity index (χ3v) is 3.37. The fourth-order valence-electron chi connectivity index (χ4n) is 2.13. The van der Waals surface area contributed by atoms with Crippen LogP contribution in [-0.2, 0) is 6.54 Å². The van der Waals surface area contributed by atoms with Crippen LogP contribution in [0.2, 0.25) is 0 Å². The third kappa shape index (κ3) is 4.10. The van der Waals surface area contributed by atoms with Gasteiger partial charge in [0.25, 0.3) is 17.2 Å². The van der Waals surface area contributed by atoms with E-state index in [0.29, 0.717) is 0 Å². The molecule has 0 aliphatic heterocycles. The molecule has 2 rings (SSSR count). The van der Waals surface area contributed by atoms with Crippen molar-refractivity contribution in [3.63, 3.8) is 0 Å². The molecule has 0 unspecified atom stereocenters. The molecule has 0 bridgehead atoms. The van der Waals surface area contributed by atoms with E-state index >= 15 is 0 Å². The molecular formula is C15H16N4O6. The zero-order chi connectivity index (χ0) is 18.4. The summed E-state index contributed by atoms with van der Waals surface area (Å²) in [4.78, 5) is 38.2. The normalized spacial score (nSPS) is 10.2. The quantitative estimate of drug-likeness (QED) is 0.573. The van der Waals surface area contributed by atoms with Crippen LogP contribution in [0.3, 0.4) is 0 Å². The fourth-order valence-corrected chi connectivity index (χ4v) is 2.13. The molecule has 0 saturated carbocycles. The molecular weight excluding hydrogens is 332 g/mol. The van der Waals surface area contributed by atoms with Crippen molar-refractivity contribution in [3.05, 3.63) is 56.8 Å². The molecule has 10 nitrogen and oxygen atoms in total. The van der Waals surface area contributed by atoms with Crippen LogP contribution in [0, 0.1) is 10.1 Å². The summed E-state index contributed by atoms with van der Waals surface area (Å²) in [6.45, 7) is 0.273. The zero-order valence-electron chi connectivity index (χ0n) is 13.6. The maximum atomic E-state index is 12.3. The second kappa shape index (κ2) is 7.90. The van der Waals surface area contributed by atoms with Crippen LogP contribution >= 0.6 is 0 Å². The summed E-state index contributed by atoms with van der Waals surface area (Å²) in [5.41, 5.74) is -0.837. The van der Waals surface area contributed by atoms with Gasteiger partial charge in [-0.15, -0.1) is 0 Å². The number of hydrogen-bond donors (Lipinski definition) is 1. The zero-order valence-corrected chi connectivity index (χ0v) is 13.6. The lowest BCUT2D eigenvalue weighted by Gasteiger charge is -2.11. The van der Waals surface area contributed by atoms with Crippen LogP contribution in [-0.4, -0.2) is 41.1 Å². The Morgan fingerprint density at radius 3 is 2.60 bits per heavy atom. The molecule has 0 aliphatic carbocycles. The van der Waals surface area contributed by atoms with Gasteiger partial charge in [0.05, 0.1) is 31.5 Å². The average Bonchev–Trinajstić information content (AvgIpc) is 2.61. The Bertz CT molecular complexity index is 848. The molecule has 1 amide bonds. The first kappa shape index (κ1) is 17.9. The number of nitro benzene ring substituents is 1. The largest absolute Gasteiger partial charge is 0.493 e. The molecule has 1 aromatic heterocycles. The van der Waals surface area contributed by atoms with Crippen LogP contribution in [0.1, 0.15) is 10.4 Å². The van der Waals surface area contributed by atoms with Crippen LogP contribution in [0.15, 0.2) is 35.5 Å². The minimum atomic E-state index is -0.678. The Balaban J connectivity index is 2.19. The fraction of sp³-hybridized carbons (Fsp3) is 0.267. The molecule has 0 fully saturated rings. The maximum Gasteiger partial charge on any atom is 0.286 e. The monoisotopic (exact) mass is 348 g/mol. The van der Waals surface area contributed by atoms with Gasteiger partial charge in [0.15, 0.2) is 11.5 Å². The van der Waals surface area contributed by atoms with E-state index in [4.69, 9.17) is 9.47 Å². The van der Waals surface area contributed by atoms with Gasteiger partial charge >= 0.3 is 0 Å².